The second-order valence-corrected chi connectivity index (χ2v) is 3.73. The fourth-order valence-corrected chi connectivity index (χ4v) is 1.85. The summed E-state index contributed by atoms with van der Waals surface area (Å²) in [6.45, 7) is 2.00. The highest BCUT2D eigenvalue weighted by molar-refractivity contribution is 5.83. The number of aryl methyl sites for hydroxylation is 1. The van der Waals surface area contributed by atoms with E-state index >= 15 is 0 Å². The molecular weight excluding hydrogens is 164 g/mol. The van der Waals surface area contributed by atoms with Crippen molar-refractivity contribution < 1.29 is 4.79 Å². The summed E-state index contributed by atoms with van der Waals surface area (Å²) in [5, 5.41) is 4.19. The minimum absolute atomic E-state index is 0.0162. The fraction of sp³-hybridized carbons (Fsp3) is 0.600. The normalized spacial score (nSPS) is 23.5. The Balaban J connectivity index is 2.19. The Morgan fingerprint density at radius 3 is 3.00 bits per heavy atom. The van der Waals surface area contributed by atoms with Crippen LogP contribution in [0.5, 0.6) is 0 Å². The summed E-state index contributed by atoms with van der Waals surface area (Å²) < 4.78 is 1.82. The van der Waals surface area contributed by atoms with Crippen molar-refractivity contribution in [1.82, 2.24) is 9.78 Å². The summed E-state index contributed by atoms with van der Waals surface area (Å²) in [4.78, 5) is 11.5. The van der Waals surface area contributed by atoms with Gasteiger partial charge in [0.05, 0.1) is 6.20 Å². The molecule has 1 heterocycles. The molecule has 70 valence electrons. The predicted molar refractivity (Wildman–Crippen MR) is 49.5 cm³/mol. The van der Waals surface area contributed by atoms with Crippen molar-refractivity contribution in [1.29, 1.82) is 0 Å². The molecule has 1 unspecified atom stereocenters. The molecule has 0 amide bonds. The summed E-state index contributed by atoms with van der Waals surface area (Å²) in [5.74, 6) is 0.342. The lowest BCUT2D eigenvalue weighted by Crippen LogP contribution is -2.23. The van der Waals surface area contributed by atoms with Crippen molar-refractivity contribution in [3.63, 3.8) is 0 Å². The molecule has 3 nitrogen and oxygen atoms in total. The van der Waals surface area contributed by atoms with Crippen molar-refractivity contribution in [2.45, 2.75) is 38.6 Å². The van der Waals surface area contributed by atoms with Gasteiger partial charge in [0.15, 0.2) is 5.78 Å². The lowest BCUT2D eigenvalue weighted by Gasteiger charge is -2.20. The Kier molecular flexibility index (Phi) is 2.17. The maximum atomic E-state index is 11.5. The predicted octanol–water partition coefficient (Wildman–Crippen LogP) is 1.88. The van der Waals surface area contributed by atoms with Crippen molar-refractivity contribution in [2.75, 3.05) is 0 Å². The summed E-state index contributed by atoms with van der Waals surface area (Å²) in [7, 11) is 0. The van der Waals surface area contributed by atoms with Crippen LogP contribution >= 0.6 is 0 Å². The van der Waals surface area contributed by atoms with Gasteiger partial charge in [0, 0.05) is 12.6 Å². The third kappa shape index (κ3) is 1.64. The average Bonchev–Trinajstić information content (AvgIpc) is 2.53. The minimum Gasteiger partial charge on any atom is -0.297 e. The molecule has 1 fully saturated rings. The first-order valence-electron chi connectivity index (χ1n) is 4.81. The number of rotatable bonds is 1. The Hall–Kier alpha value is -1.12. The maximum absolute atomic E-state index is 11.5. The zero-order valence-electron chi connectivity index (χ0n) is 7.86. The average molecular weight is 178 g/mol. The summed E-state index contributed by atoms with van der Waals surface area (Å²) in [6.07, 6.45) is 7.64. The van der Waals surface area contributed by atoms with Gasteiger partial charge in [-0.1, -0.05) is 6.42 Å². The molecular formula is C10H14N2O. The number of carbonyl (C=O) groups excluding carboxylic acids is 1. The number of hydrogen-bond donors (Lipinski definition) is 0. The summed E-state index contributed by atoms with van der Waals surface area (Å²) in [5.41, 5.74) is 1.12. The Labute approximate surface area is 77.7 Å². The maximum Gasteiger partial charge on any atom is 0.157 e. The van der Waals surface area contributed by atoms with Crippen molar-refractivity contribution in [3.05, 3.63) is 18.0 Å². The van der Waals surface area contributed by atoms with Gasteiger partial charge in [-0.05, 0) is 25.3 Å². The van der Waals surface area contributed by atoms with Crippen LogP contribution in [0.2, 0.25) is 0 Å². The standard InChI is InChI=1S/C10H14N2O/c1-8-6-11-12(7-8)9-4-2-3-5-10(9)13/h6-7,9H,2-5H2,1H3. The largest absolute Gasteiger partial charge is 0.297 e. The molecule has 1 aromatic heterocycles. The van der Waals surface area contributed by atoms with E-state index in [4.69, 9.17) is 0 Å². The third-order valence-corrected chi connectivity index (χ3v) is 2.57. The molecule has 0 N–H and O–H groups in total. The Morgan fingerprint density at radius 2 is 2.38 bits per heavy atom. The van der Waals surface area contributed by atoms with E-state index in [1.54, 1.807) is 0 Å². The second kappa shape index (κ2) is 3.32. The number of Topliss-reactive ketones (excluding diaryl/α,β-unsaturated/α-hetero) is 1. The number of hydrogen-bond acceptors (Lipinski definition) is 2. The van der Waals surface area contributed by atoms with Gasteiger partial charge < -0.3 is 0 Å². The zero-order chi connectivity index (χ0) is 9.26. The van der Waals surface area contributed by atoms with Crippen LogP contribution in [-0.2, 0) is 4.79 Å². The Bertz CT molecular complexity index is 316. The lowest BCUT2D eigenvalue weighted by atomic mass is 9.94. The molecule has 0 saturated heterocycles. The highest BCUT2D eigenvalue weighted by atomic mass is 16.1. The first-order chi connectivity index (χ1) is 6.27. The molecule has 0 radical (unpaired) electrons. The van der Waals surface area contributed by atoms with Crippen molar-refractivity contribution in [2.24, 2.45) is 0 Å². The smallest absolute Gasteiger partial charge is 0.157 e. The Morgan fingerprint density at radius 1 is 1.54 bits per heavy atom. The van der Waals surface area contributed by atoms with E-state index in [1.807, 2.05) is 24.0 Å². The van der Waals surface area contributed by atoms with E-state index in [0.717, 1.165) is 31.2 Å². The minimum atomic E-state index is 0.0162. The molecule has 13 heavy (non-hydrogen) atoms. The van der Waals surface area contributed by atoms with Crippen LogP contribution in [0.4, 0.5) is 0 Å². The highest BCUT2D eigenvalue weighted by Crippen LogP contribution is 2.24. The third-order valence-electron chi connectivity index (χ3n) is 2.57. The van der Waals surface area contributed by atoms with E-state index in [1.165, 1.54) is 0 Å². The second-order valence-electron chi connectivity index (χ2n) is 3.73. The van der Waals surface area contributed by atoms with Crippen LogP contribution in [0.15, 0.2) is 12.4 Å². The number of nitrogens with zero attached hydrogens (tertiary/aromatic N) is 2. The molecule has 1 aliphatic carbocycles. The van der Waals surface area contributed by atoms with Crippen molar-refractivity contribution >= 4 is 5.78 Å². The fourth-order valence-electron chi connectivity index (χ4n) is 1.85. The molecule has 0 spiro atoms. The monoisotopic (exact) mass is 178 g/mol. The summed E-state index contributed by atoms with van der Waals surface area (Å²) >= 11 is 0. The van der Waals surface area contributed by atoms with Gasteiger partial charge in [-0.3, -0.25) is 9.48 Å². The van der Waals surface area contributed by atoms with Crippen LogP contribution < -0.4 is 0 Å². The number of aromatic nitrogens is 2. The van der Waals surface area contributed by atoms with E-state index in [9.17, 15) is 4.79 Å². The van der Waals surface area contributed by atoms with Crippen LogP contribution in [0.25, 0.3) is 0 Å². The first kappa shape index (κ1) is 8.48. The lowest BCUT2D eigenvalue weighted by molar-refractivity contribution is -0.124. The SMILES string of the molecule is Cc1cnn(C2CCCCC2=O)c1. The van der Waals surface area contributed by atoms with E-state index < -0.39 is 0 Å². The molecule has 0 bridgehead atoms. The quantitative estimate of drug-likeness (QED) is 0.658. The first-order valence-corrected chi connectivity index (χ1v) is 4.81. The molecule has 0 aliphatic heterocycles. The van der Waals surface area contributed by atoms with Crippen LogP contribution in [0.3, 0.4) is 0 Å². The molecule has 2 rings (SSSR count). The van der Waals surface area contributed by atoms with Crippen LogP contribution in [0.1, 0.15) is 37.3 Å². The highest BCUT2D eigenvalue weighted by Gasteiger charge is 2.23. The van der Waals surface area contributed by atoms with E-state index in [-0.39, 0.29) is 6.04 Å². The van der Waals surface area contributed by atoms with Gasteiger partial charge in [-0.2, -0.15) is 5.10 Å². The van der Waals surface area contributed by atoms with E-state index in [0.29, 0.717) is 5.78 Å². The van der Waals surface area contributed by atoms with Gasteiger partial charge in [0.2, 0.25) is 0 Å². The van der Waals surface area contributed by atoms with Gasteiger partial charge in [0.1, 0.15) is 6.04 Å². The zero-order valence-corrected chi connectivity index (χ0v) is 7.86. The van der Waals surface area contributed by atoms with Gasteiger partial charge in [-0.15, -0.1) is 0 Å². The van der Waals surface area contributed by atoms with Crippen LogP contribution in [-0.4, -0.2) is 15.6 Å². The molecule has 1 aromatic rings. The van der Waals surface area contributed by atoms with E-state index in [2.05, 4.69) is 5.10 Å². The van der Waals surface area contributed by atoms with Gasteiger partial charge in [0.25, 0.3) is 0 Å². The molecule has 1 atom stereocenters. The molecule has 3 heteroatoms. The molecule has 1 saturated carbocycles. The van der Waals surface area contributed by atoms with Crippen molar-refractivity contribution in [3.8, 4) is 0 Å². The van der Waals surface area contributed by atoms with Crippen LogP contribution in [0, 0.1) is 6.92 Å². The van der Waals surface area contributed by atoms with Gasteiger partial charge >= 0.3 is 0 Å². The number of ketones is 1. The molecule has 1 aliphatic rings. The number of carbonyl (C=O) groups is 1. The topological polar surface area (TPSA) is 34.9 Å². The molecule has 0 aromatic carbocycles. The summed E-state index contributed by atoms with van der Waals surface area (Å²) in [6, 6.07) is 0.0162. The van der Waals surface area contributed by atoms with Gasteiger partial charge in [-0.25, -0.2) is 0 Å².